The molecule has 0 aliphatic rings. The van der Waals surface area contributed by atoms with Crippen molar-refractivity contribution in [3.8, 4) is 0 Å². The molecule has 96 valence electrons. The van der Waals surface area contributed by atoms with E-state index >= 15 is 0 Å². The molecule has 2 aromatic rings. The van der Waals surface area contributed by atoms with E-state index < -0.39 is 5.91 Å². The standard InChI is InChI=1S/C11H15N5OS/c1-7(10-6-18-8(2)15-10)14-9-3-13-16(4-9)5-11(12)17/h3-4,6-7,14H,5H2,1-2H3,(H2,12,17). The van der Waals surface area contributed by atoms with Gasteiger partial charge in [0.2, 0.25) is 5.91 Å². The van der Waals surface area contributed by atoms with Gasteiger partial charge in [0.05, 0.1) is 28.6 Å². The number of nitrogens with two attached hydrogens (primary N) is 1. The number of anilines is 1. The number of aryl methyl sites for hydroxylation is 1. The van der Waals surface area contributed by atoms with Crippen molar-refractivity contribution >= 4 is 22.9 Å². The first-order valence-corrected chi connectivity index (χ1v) is 6.42. The zero-order chi connectivity index (χ0) is 13.1. The van der Waals surface area contributed by atoms with Gasteiger partial charge in [0.1, 0.15) is 6.54 Å². The molecule has 3 N–H and O–H groups in total. The highest BCUT2D eigenvalue weighted by atomic mass is 32.1. The Bertz CT molecular complexity index is 547. The summed E-state index contributed by atoms with van der Waals surface area (Å²) >= 11 is 1.62. The van der Waals surface area contributed by atoms with Crippen molar-refractivity contribution in [1.29, 1.82) is 0 Å². The van der Waals surface area contributed by atoms with Gasteiger partial charge in [-0.15, -0.1) is 11.3 Å². The lowest BCUT2D eigenvalue weighted by Crippen LogP contribution is -2.18. The van der Waals surface area contributed by atoms with Gasteiger partial charge in [-0.3, -0.25) is 9.48 Å². The predicted octanol–water partition coefficient (Wildman–Crippen LogP) is 1.31. The van der Waals surface area contributed by atoms with Crippen LogP contribution in [0.1, 0.15) is 23.7 Å². The minimum absolute atomic E-state index is 0.0892. The van der Waals surface area contributed by atoms with E-state index in [0.717, 1.165) is 16.4 Å². The summed E-state index contributed by atoms with van der Waals surface area (Å²) < 4.78 is 1.50. The Kier molecular flexibility index (Phi) is 3.61. The fourth-order valence-corrected chi connectivity index (χ4v) is 2.29. The summed E-state index contributed by atoms with van der Waals surface area (Å²) in [6.07, 6.45) is 3.42. The first kappa shape index (κ1) is 12.6. The van der Waals surface area contributed by atoms with Crippen LogP contribution in [0.15, 0.2) is 17.8 Å². The number of aromatic nitrogens is 3. The van der Waals surface area contributed by atoms with Crippen molar-refractivity contribution in [1.82, 2.24) is 14.8 Å². The highest BCUT2D eigenvalue weighted by molar-refractivity contribution is 7.09. The SMILES string of the molecule is Cc1nc(C(C)Nc2cnn(CC(N)=O)c2)cs1. The average Bonchev–Trinajstić information content (AvgIpc) is 2.87. The lowest BCUT2D eigenvalue weighted by molar-refractivity contribution is -0.118. The Morgan fingerprint density at radius 2 is 2.44 bits per heavy atom. The van der Waals surface area contributed by atoms with Gasteiger partial charge < -0.3 is 11.1 Å². The molecule has 0 saturated carbocycles. The number of amides is 1. The van der Waals surface area contributed by atoms with Gasteiger partial charge in [0.25, 0.3) is 0 Å². The maximum absolute atomic E-state index is 10.8. The summed E-state index contributed by atoms with van der Waals surface area (Å²) in [5.74, 6) is -0.409. The third-order valence-electron chi connectivity index (χ3n) is 2.41. The predicted molar refractivity (Wildman–Crippen MR) is 70.3 cm³/mol. The number of primary amides is 1. The molecule has 0 fully saturated rings. The zero-order valence-electron chi connectivity index (χ0n) is 10.3. The maximum atomic E-state index is 10.8. The number of nitrogens with one attached hydrogen (secondary N) is 1. The van der Waals surface area contributed by atoms with Crippen LogP contribution in [0.25, 0.3) is 0 Å². The summed E-state index contributed by atoms with van der Waals surface area (Å²) in [5, 5.41) is 10.4. The summed E-state index contributed by atoms with van der Waals surface area (Å²) in [7, 11) is 0. The van der Waals surface area contributed by atoms with Crippen molar-refractivity contribution in [3.63, 3.8) is 0 Å². The van der Waals surface area contributed by atoms with Crippen molar-refractivity contribution in [3.05, 3.63) is 28.5 Å². The molecule has 0 bridgehead atoms. The van der Waals surface area contributed by atoms with E-state index in [1.54, 1.807) is 23.7 Å². The fraction of sp³-hybridized carbons (Fsp3) is 0.364. The summed E-state index contributed by atoms with van der Waals surface area (Å²) in [6, 6.07) is 0.0983. The normalized spacial score (nSPS) is 12.3. The molecular weight excluding hydrogens is 250 g/mol. The molecule has 1 unspecified atom stereocenters. The van der Waals surface area contributed by atoms with E-state index in [2.05, 4.69) is 15.4 Å². The molecular formula is C11H15N5OS. The number of thiazole rings is 1. The lowest BCUT2D eigenvalue weighted by Gasteiger charge is -2.10. The Labute approximate surface area is 109 Å². The number of hydrogen-bond acceptors (Lipinski definition) is 5. The average molecular weight is 265 g/mol. The van der Waals surface area contributed by atoms with Gasteiger partial charge in [0, 0.05) is 11.6 Å². The monoisotopic (exact) mass is 265 g/mol. The minimum Gasteiger partial charge on any atom is -0.374 e. The van der Waals surface area contributed by atoms with Gasteiger partial charge in [-0.2, -0.15) is 5.10 Å². The van der Waals surface area contributed by atoms with Crippen molar-refractivity contribution in [2.45, 2.75) is 26.4 Å². The summed E-state index contributed by atoms with van der Waals surface area (Å²) in [5.41, 5.74) is 6.94. The lowest BCUT2D eigenvalue weighted by atomic mass is 10.2. The molecule has 2 rings (SSSR count). The number of carbonyl (C=O) groups excluding carboxylic acids is 1. The van der Waals surface area contributed by atoms with Crippen LogP contribution in [-0.2, 0) is 11.3 Å². The van der Waals surface area contributed by atoms with Crippen molar-refractivity contribution < 1.29 is 4.79 Å². The zero-order valence-corrected chi connectivity index (χ0v) is 11.1. The van der Waals surface area contributed by atoms with E-state index in [1.165, 1.54) is 4.68 Å². The second-order valence-electron chi connectivity index (χ2n) is 4.05. The molecule has 0 aliphatic heterocycles. The van der Waals surface area contributed by atoms with Crippen molar-refractivity contribution in [2.75, 3.05) is 5.32 Å². The molecule has 6 nitrogen and oxygen atoms in total. The summed E-state index contributed by atoms with van der Waals surface area (Å²) in [6.45, 7) is 4.09. The van der Waals surface area contributed by atoms with Crippen molar-refractivity contribution in [2.24, 2.45) is 5.73 Å². The Hall–Kier alpha value is -1.89. The number of nitrogens with zero attached hydrogens (tertiary/aromatic N) is 3. The van der Waals surface area contributed by atoms with Crippen LogP contribution in [-0.4, -0.2) is 20.7 Å². The quantitative estimate of drug-likeness (QED) is 0.853. The van der Waals surface area contributed by atoms with Crippen LogP contribution in [0.3, 0.4) is 0 Å². The van der Waals surface area contributed by atoms with Crippen LogP contribution in [0, 0.1) is 6.92 Å². The van der Waals surface area contributed by atoms with Gasteiger partial charge in [-0.25, -0.2) is 4.98 Å². The van der Waals surface area contributed by atoms with Gasteiger partial charge >= 0.3 is 0 Å². The smallest absolute Gasteiger partial charge is 0.239 e. The van der Waals surface area contributed by atoms with Crippen LogP contribution in [0.5, 0.6) is 0 Å². The molecule has 2 aromatic heterocycles. The van der Waals surface area contributed by atoms with E-state index in [4.69, 9.17) is 5.73 Å². The maximum Gasteiger partial charge on any atom is 0.239 e. The summed E-state index contributed by atoms with van der Waals surface area (Å²) in [4.78, 5) is 15.2. The highest BCUT2D eigenvalue weighted by Crippen LogP contribution is 2.20. The van der Waals surface area contributed by atoms with Crippen LogP contribution < -0.4 is 11.1 Å². The van der Waals surface area contributed by atoms with Crippen LogP contribution in [0.4, 0.5) is 5.69 Å². The Balaban J connectivity index is 2.00. The fourth-order valence-electron chi connectivity index (χ4n) is 1.59. The molecule has 1 atom stereocenters. The number of rotatable bonds is 5. The molecule has 2 heterocycles. The number of carbonyl (C=O) groups is 1. The van der Waals surface area contributed by atoms with Crippen LogP contribution in [0.2, 0.25) is 0 Å². The first-order chi connectivity index (χ1) is 8.54. The molecule has 0 saturated heterocycles. The highest BCUT2D eigenvalue weighted by Gasteiger charge is 2.10. The molecule has 0 aromatic carbocycles. The Morgan fingerprint density at radius 3 is 3.06 bits per heavy atom. The number of hydrogen-bond donors (Lipinski definition) is 2. The second kappa shape index (κ2) is 5.18. The van der Waals surface area contributed by atoms with E-state index in [9.17, 15) is 4.79 Å². The van der Waals surface area contributed by atoms with Gasteiger partial charge in [-0.1, -0.05) is 0 Å². The van der Waals surface area contributed by atoms with Gasteiger partial charge in [-0.05, 0) is 13.8 Å². The Morgan fingerprint density at radius 1 is 1.67 bits per heavy atom. The molecule has 0 spiro atoms. The van der Waals surface area contributed by atoms with E-state index in [1.807, 2.05) is 19.2 Å². The second-order valence-corrected chi connectivity index (χ2v) is 5.11. The molecule has 0 aliphatic carbocycles. The largest absolute Gasteiger partial charge is 0.374 e. The minimum atomic E-state index is -0.409. The van der Waals surface area contributed by atoms with Crippen LogP contribution >= 0.6 is 11.3 Å². The molecule has 1 amide bonds. The van der Waals surface area contributed by atoms with Gasteiger partial charge in [0.15, 0.2) is 0 Å². The first-order valence-electron chi connectivity index (χ1n) is 5.54. The van der Waals surface area contributed by atoms with E-state index in [0.29, 0.717) is 0 Å². The third kappa shape index (κ3) is 3.07. The van der Waals surface area contributed by atoms with E-state index in [-0.39, 0.29) is 12.6 Å². The molecule has 0 radical (unpaired) electrons. The third-order valence-corrected chi connectivity index (χ3v) is 3.21. The topological polar surface area (TPSA) is 85.8 Å². The molecule has 7 heteroatoms. The molecule has 18 heavy (non-hydrogen) atoms.